The van der Waals surface area contributed by atoms with Crippen LogP contribution in [0.2, 0.25) is 0 Å². The maximum atomic E-state index is 12.2. The number of hydrogen-bond donors (Lipinski definition) is 1. The van der Waals surface area contributed by atoms with Gasteiger partial charge in [-0.05, 0) is 31.4 Å². The standard InChI is InChI=1S/C14H23NO2S/c1-5-13(6-2)10-15-18(16,17)14-8-7-11(3)9-12(14)4/h7-9,13,15H,5-6,10H2,1-4H3. The molecule has 1 N–H and O–H groups in total. The second-order valence-corrected chi connectivity index (χ2v) is 6.54. The summed E-state index contributed by atoms with van der Waals surface area (Å²) in [5.74, 6) is 0.408. The average Bonchev–Trinajstić information content (AvgIpc) is 2.29. The third-order valence-electron chi connectivity index (χ3n) is 3.34. The Bertz CT molecular complexity index is 491. The van der Waals surface area contributed by atoms with Crippen LogP contribution in [-0.2, 0) is 10.0 Å². The highest BCUT2D eigenvalue weighted by atomic mass is 32.2. The van der Waals surface area contributed by atoms with Gasteiger partial charge in [-0.25, -0.2) is 13.1 Å². The fourth-order valence-electron chi connectivity index (χ4n) is 1.98. The van der Waals surface area contributed by atoms with Crippen LogP contribution in [0.5, 0.6) is 0 Å². The molecule has 0 aliphatic rings. The lowest BCUT2D eigenvalue weighted by Gasteiger charge is -2.14. The highest BCUT2D eigenvalue weighted by molar-refractivity contribution is 7.89. The summed E-state index contributed by atoms with van der Waals surface area (Å²) in [6.07, 6.45) is 1.98. The van der Waals surface area contributed by atoms with E-state index in [0.29, 0.717) is 17.4 Å². The molecule has 0 aliphatic heterocycles. The van der Waals surface area contributed by atoms with Crippen LogP contribution >= 0.6 is 0 Å². The first-order valence-electron chi connectivity index (χ1n) is 6.47. The van der Waals surface area contributed by atoms with Crippen molar-refractivity contribution < 1.29 is 8.42 Å². The van der Waals surface area contributed by atoms with Gasteiger partial charge in [0.15, 0.2) is 0 Å². The van der Waals surface area contributed by atoms with Crippen LogP contribution in [0.15, 0.2) is 23.1 Å². The summed E-state index contributed by atoms with van der Waals surface area (Å²) in [7, 11) is -3.37. The molecular formula is C14H23NO2S. The molecule has 0 radical (unpaired) electrons. The van der Waals surface area contributed by atoms with E-state index in [9.17, 15) is 8.42 Å². The molecule has 0 bridgehead atoms. The largest absolute Gasteiger partial charge is 0.240 e. The summed E-state index contributed by atoms with van der Waals surface area (Å²) in [5.41, 5.74) is 1.87. The van der Waals surface area contributed by atoms with Crippen molar-refractivity contribution in [3.05, 3.63) is 29.3 Å². The van der Waals surface area contributed by atoms with E-state index in [0.717, 1.165) is 24.0 Å². The summed E-state index contributed by atoms with van der Waals surface area (Å²) < 4.78 is 27.1. The van der Waals surface area contributed by atoms with Gasteiger partial charge in [-0.1, -0.05) is 44.4 Å². The fourth-order valence-corrected chi connectivity index (χ4v) is 3.32. The lowest BCUT2D eigenvalue weighted by molar-refractivity contribution is 0.479. The molecule has 0 atom stereocenters. The SMILES string of the molecule is CCC(CC)CNS(=O)(=O)c1ccc(C)cc1C. The number of rotatable bonds is 6. The average molecular weight is 269 g/mol. The second kappa shape index (κ2) is 6.34. The van der Waals surface area contributed by atoms with Gasteiger partial charge in [0.1, 0.15) is 0 Å². The van der Waals surface area contributed by atoms with Gasteiger partial charge in [-0.3, -0.25) is 0 Å². The van der Waals surface area contributed by atoms with E-state index >= 15 is 0 Å². The molecular weight excluding hydrogens is 246 g/mol. The molecule has 3 nitrogen and oxygen atoms in total. The Morgan fingerprint density at radius 1 is 1.17 bits per heavy atom. The van der Waals surface area contributed by atoms with E-state index in [1.807, 2.05) is 26.0 Å². The Morgan fingerprint density at radius 2 is 1.78 bits per heavy atom. The van der Waals surface area contributed by atoms with E-state index in [2.05, 4.69) is 18.6 Å². The zero-order valence-corrected chi connectivity index (χ0v) is 12.5. The van der Waals surface area contributed by atoms with Gasteiger partial charge in [-0.2, -0.15) is 0 Å². The van der Waals surface area contributed by atoms with Gasteiger partial charge < -0.3 is 0 Å². The molecule has 0 saturated carbocycles. The number of aryl methyl sites for hydroxylation is 2. The van der Waals surface area contributed by atoms with Crippen LogP contribution in [0.25, 0.3) is 0 Å². The molecule has 1 aromatic carbocycles. The topological polar surface area (TPSA) is 46.2 Å². The summed E-state index contributed by atoms with van der Waals surface area (Å²) >= 11 is 0. The molecule has 18 heavy (non-hydrogen) atoms. The maximum Gasteiger partial charge on any atom is 0.240 e. The lowest BCUT2D eigenvalue weighted by Crippen LogP contribution is -2.29. The molecule has 0 spiro atoms. The van der Waals surface area contributed by atoms with Crippen molar-refractivity contribution in [2.75, 3.05) is 6.54 Å². The summed E-state index contributed by atoms with van der Waals surface area (Å²) in [5, 5.41) is 0. The molecule has 0 unspecified atom stereocenters. The highest BCUT2D eigenvalue weighted by Crippen LogP contribution is 2.17. The van der Waals surface area contributed by atoms with E-state index < -0.39 is 10.0 Å². The Labute approximate surface area is 111 Å². The monoisotopic (exact) mass is 269 g/mol. The van der Waals surface area contributed by atoms with Crippen LogP contribution in [-0.4, -0.2) is 15.0 Å². The Balaban J connectivity index is 2.86. The minimum absolute atomic E-state index is 0.388. The minimum Gasteiger partial charge on any atom is -0.211 e. The lowest BCUT2D eigenvalue weighted by atomic mass is 10.0. The third kappa shape index (κ3) is 3.82. The molecule has 102 valence electrons. The molecule has 0 amide bonds. The van der Waals surface area contributed by atoms with Crippen LogP contribution < -0.4 is 4.72 Å². The molecule has 0 fully saturated rings. The molecule has 0 aromatic heterocycles. The van der Waals surface area contributed by atoms with Crippen LogP contribution in [0.1, 0.15) is 37.8 Å². The van der Waals surface area contributed by atoms with Crippen molar-refractivity contribution in [1.82, 2.24) is 4.72 Å². The molecule has 0 saturated heterocycles. The van der Waals surface area contributed by atoms with Gasteiger partial charge in [-0.15, -0.1) is 0 Å². The predicted octanol–water partition coefficient (Wildman–Crippen LogP) is 3.02. The summed E-state index contributed by atoms with van der Waals surface area (Å²) in [6, 6.07) is 5.41. The van der Waals surface area contributed by atoms with Crippen molar-refractivity contribution in [3.8, 4) is 0 Å². The molecule has 1 rings (SSSR count). The maximum absolute atomic E-state index is 12.2. The Hall–Kier alpha value is -0.870. The highest BCUT2D eigenvalue weighted by Gasteiger charge is 2.17. The van der Waals surface area contributed by atoms with Gasteiger partial charge in [0.25, 0.3) is 0 Å². The summed E-state index contributed by atoms with van der Waals surface area (Å²) in [6.45, 7) is 8.47. The van der Waals surface area contributed by atoms with Crippen molar-refractivity contribution in [3.63, 3.8) is 0 Å². The third-order valence-corrected chi connectivity index (χ3v) is 4.92. The zero-order valence-electron chi connectivity index (χ0n) is 11.7. The smallest absolute Gasteiger partial charge is 0.211 e. The van der Waals surface area contributed by atoms with Crippen LogP contribution in [0.3, 0.4) is 0 Å². The van der Waals surface area contributed by atoms with Gasteiger partial charge in [0.05, 0.1) is 4.90 Å². The van der Waals surface area contributed by atoms with E-state index in [1.165, 1.54) is 0 Å². The van der Waals surface area contributed by atoms with Gasteiger partial charge in [0.2, 0.25) is 10.0 Å². The van der Waals surface area contributed by atoms with Gasteiger partial charge in [0, 0.05) is 6.54 Å². The molecule has 0 aliphatic carbocycles. The first-order valence-corrected chi connectivity index (χ1v) is 7.96. The van der Waals surface area contributed by atoms with Crippen molar-refractivity contribution in [1.29, 1.82) is 0 Å². The minimum atomic E-state index is -3.37. The predicted molar refractivity (Wildman–Crippen MR) is 75.2 cm³/mol. The molecule has 0 heterocycles. The molecule has 4 heteroatoms. The Morgan fingerprint density at radius 3 is 2.28 bits per heavy atom. The van der Waals surface area contributed by atoms with Gasteiger partial charge >= 0.3 is 0 Å². The van der Waals surface area contributed by atoms with Crippen molar-refractivity contribution in [2.24, 2.45) is 5.92 Å². The van der Waals surface area contributed by atoms with E-state index in [4.69, 9.17) is 0 Å². The van der Waals surface area contributed by atoms with Crippen molar-refractivity contribution >= 4 is 10.0 Å². The first kappa shape index (κ1) is 15.2. The molecule has 1 aromatic rings. The van der Waals surface area contributed by atoms with Crippen LogP contribution in [0.4, 0.5) is 0 Å². The quantitative estimate of drug-likeness (QED) is 0.863. The van der Waals surface area contributed by atoms with Crippen molar-refractivity contribution in [2.45, 2.75) is 45.4 Å². The number of nitrogens with one attached hydrogen (secondary N) is 1. The summed E-state index contributed by atoms with van der Waals surface area (Å²) in [4.78, 5) is 0.388. The number of benzene rings is 1. The number of sulfonamides is 1. The zero-order chi connectivity index (χ0) is 13.8. The normalized spacial score (nSPS) is 12.1. The van der Waals surface area contributed by atoms with Crippen LogP contribution in [0, 0.1) is 19.8 Å². The second-order valence-electron chi connectivity index (χ2n) is 4.80. The fraction of sp³-hybridized carbons (Fsp3) is 0.571. The Kier molecular flexibility index (Phi) is 5.35. The number of hydrogen-bond acceptors (Lipinski definition) is 2. The first-order chi connectivity index (χ1) is 8.40. The van der Waals surface area contributed by atoms with E-state index in [-0.39, 0.29) is 0 Å². The van der Waals surface area contributed by atoms with E-state index in [1.54, 1.807) is 6.07 Å².